The maximum atomic E-state index is 5.63. The molecule has 0 amide bonds. The molecule has 4 rings (SSSR count). The predicted octanol–water partition coefficient (Wildman–Crippen LogP) is 4.79. The molecule has 0 radical (unpaired) electrons. The van der Waals surface area contributed by atoms with Crippen molar-refractivity contribution in [3.63, 3.8) is 0 Å². The zero-order valence-electron chi connectivity index (χ0n) is 17.6. The van der Waals surface area contributed by atoms with Gasteiger partial charge in [0.2, 0.25) is 0 Å². The van der Waals surface area contributed by atoms with Crippen LogP contribution in [-0.4, -0.2) is 33.4 Å². The fourth-order valence-electron chi connectivity index (χ4n) is 3.65. The Bertz CT molecular complexity index is 1210. The van der Waals surface area contributed by atoms with Crippen LogP contribution in [0.15, 0.2) is 66.7 Å². The van der Waals surface area contributed by atoms with E-state index >= 15 is 0 Å². The molecule has 1 heterocycles. The molecule has 5 nitrogen and oxygen atoms in total. The van der Waals surface area contributed by atoms with Gasteiger partial charge in [0.05, 0.1) is 13.8 Å². The maximum absolute atomic E-state index is 5.63. The molecule has 0 fully saturated rings. The number of nitrogens with zero attached hydrogens (tertiary/aromatic N) is 4. The lowest BCUT2D eigenvalue weighted by atomic mass is 10.1. The molecule has 0 saturated heterocycles. The number of ether oxygens (including phenoxy) is 1. The molecule has 0 saturated carbocycles. The Morgan fingerprint density at radius 3 is 2.47 bits per heavy atom. The van der Waals surface area contributed by atoms with Crippen molar-refractivity contribution >= 4 is 23.0 Å². The smallest absolute Gasteiger partial charge is 0.198 e. The average molecular weight is 419 g/mol. The van der Waals surface area contributed by atoms with Gasteiger partial charge in [0.1, 0.15) is 11.6 Å². The third kappa shape index (κ3) is 4.45. The number of benzene rings is 3. The highest BCUT2D eigenvalue weighted by atomic mass is 32.1. The number of hydrogen-bond donors (Lipinski definition) is 0. The van der Waals surface area contributed by atoms with Gasteiger partial charge in [-0.1, -0.05) is 48.5 Å². The van der Waals surface area contributed by atoms with Crippen LogP contribution in [0.3, 0.4) is 0 Å². The normalized spacial score (nSPS) is 11.3. The van der Waals surface area contributed by atoms with Crippen molar-refractivity contribution < 1.29 is 4.74 Å². The van der Waals surface area contributed by atoms with Crippen LogP contribution in [0.2, 0.25) is 0 Å². The molecule has 6 heteroatoms. The van der Waals surface area contributed by atoms with Crippen LogP contribution in [0.4, 0.5) is 0 Å². The van der Waals surface area contributed by atoms with Gasteiger partial charge in [0.15, 0.2) is 4.77 Å². The van der Waals surface area contributed by atoms with Crippen molar-refractivity contribution in [1.82, 2.24) is 19.2 Å². The van der Waals surface area contributed by atoms with Crippen molar-refractivity contribution in [3.05, 3.63) is 88.5 Å². The van der Waals surface area contributed by atoms with E-state index in [-0.39, 0.29) is 0 Å². The Morgan fingerprint density at radius 1 is 0.967 bits per heavy atom. The summed E-state index contributed by atoms with van der Waals surface area (Å²) in [6.45, 7) is 1.45. The van der Waals surface area contributed by atoms with E-state index in [1.165, 1.54) is 21.9 Å². The predicted molar refractivity (Wildman–Crippen MR) is 123 cm³/mol. The number of fused-ring (bicyclic) bond motifs is 1. The van der Waals surface area contributed by atoms with E-state index in [2.05, 4.69) is 54.4 Å². The van der Waals surface area contributed by atoms with E-state index < -0.39 is 0 Å². The second-order valence-electron chi connectivity index (χ2n) is 7.62. The summed E-state index contributed by atoms with van der Waals surface area (Å²) in [4.78, 5) is 2.22. The molecule has 0 aliphatic rings. The second-order valence-corrected chi connectivity index (χ2v) is 7.99. The van der Waals surface area contributed by atoms with E-state index in [1.54, 1.807) is 7.11 Å². The first-order chi connectivity index (χ1) is 14.5. The molecule has 4 aromatic rings. The number of rotatable bonds is 7. The van der Waals surface area contributed by atoms with Crippen molar-refractivity contribution in [2.45, 2.75) is 19.6 Å². The summed E-state index contributed by atoms with van der Waals surface area (Å²) >= 11 is 5.63. The molecule has 0 N–H and O–H groups in total. The first-order valence-electron chi connectivity index (χ1n) is 9.95. The summed E-state index contributed by atoms with van der Waals surface area (Å²) in [5.74, 6) is 1.85. The largest absolute Gasteiger partial charge is 0.497 e. The average Bonchev–Trinajstić information content (AvgIpc) is 3.01. The first-order valence-corrected chi connectivity index (χ1v) is 10.4. The molecule has 154 valence electrons. The van der Waals surface area contributed by atoms with Crippen molar-refractivity contribution in [1.29, 1.82) is 0 Å². The van der Waals surface area contributed by atoms with Crippen molar-refractivity contribution in [2.24, 2.45) is 7.05 Å². The molecule has 0 atom stereocenters. The minimum absolute atomic E-state index is 0.641. The molecule has 0 aliphatic heterocycles. The lowest BCUT2D eigenvalue weighted by molar-refractivity contribution is 0.243. The van der Waals surface area contributed by atoms with E-state index in [0.717, 1.165) is 29.3 Å². The Kier molecular flexibility index (Phi) is 5.97. The first kappa shape index (κ1) is 20.3. The van der Waals surface area contributed by atoms with Crippen molar-refractivity contribution in [3.8, 4) is 5.75 Å². The van der Waals surface area contributed by atoms with Crippen LogP contribution in [0.25, 0.3) is 10.8 Å². The fourth-order valence-corrected chi connectivity index (χ4v) is 3.85. The van der Waals surface area contributed by atoms with Gasteiger partial charge >= 0.3 is 0 Å². The molecule has 0 unspecified atom stereocenters. The van der Waals surface area contributed by atoms with Gasteiger partial charge in [-0.25, -0.2) is 4.68 Å². The summed E-state index contributed by atoms with van der Waals surface area (Å²) in [7, 11) is 5.77. The zero-order valence-corrected chi connectivity index (χ0v) is 18.4. The molecule has 30 heavy (non-hydrogen) atoms. The number of aromatic nitrogens is 3. The Hall–Kier alpha value is -2.96. The van der Waals surface area contributed by atoms with Crippen LogP contribution in [0.1, 0.15) is 17.0 Å². The lowest BCUT2D eigenvalue weighted by Crippen LogP contribution is -2.22. The van der Waals surface area contributed by atoms with Gasteiger partial charge in [-0.3, -0.25) is 4.90 Å². The van der Waals surface area contributed by atoms with E-state index in [1.807, 2.05) is 40.6 Å². The molecular weight excluding hydrogens is 392 g/mol. The molecule has 1 aromatic heterocycles. The van der Waals surface area contributed by atoms with E-state index in [9.17, 15) is 0 Å². The van der Waals surface area contributed by atoms with Crippen LogP contribution in [0.5, 0.6) is 5.75 Å². The van der Waals surface area contributed by atoms with Crippen LogP contribution >= 0.6 is 12.2 Å². The lowest BCUT2D eigenvalue weighted by Gasteiger charge is -2.17. The molecule has 0 spiro atoms. The van der Waals surface area contributed by atoms with E-state index in [4.69, 9.17) is 22.1 Å². The van der Waals surface area contributed by atoms with Crippen LogP contribution < -0.4 is 4.74 Å². The van der Waals surface area contributed by atoms with Gasteiger partial charge in [0, 0.05) is 20.0 Å². The second kappa shape index (κ2) is 8.81. The molecule has 3 aromatic carbocycles. The minimum Gasteiger partial charge on any atom is -0.497 e. The SMILES string of the molecule is COc1ccc2cc(CN(C)Cn3nc(Cc4ccccc4)n(C)c3=S)ccc2c1. The molecule has 0 bridgehead atoms. The summed E-state index contributed by atoms with van der Waals surface area (Å²) in [6.07, 6.45) is 0.770. The minimum atomic E-state index is 0.641. The number of methoxy groups -OCH3 is 1. The highest BCUT2D eigenvalue weighted by molar-refractivity contribution is 7.71. The third-order valence-corrected chi connectivity index (χ3v) is 5.76. The molecular formula is C24H26N4OS. The van der Waals surface area contributed by atoms with Gasteiger partial charge in [-0.05, 0) is 59.4 Å². The number of hydrogen-bond acceptors (Lipinski definition) is 4. The van der Waals surface area contributed by atoms with E-state index in [0.29, 0.717) is 6.67 Å². The Labute approximate surface area is 182 Å². The maximum Gasteiger partial charge on any atom is 0.198 e. The Morgan fingerprint density at radius 2 is 1.70 bits per heavy atom. The summed E-state index contributed by atoms with van der Waals surface area (Å²) in [6, 6.07) is 23.0. The van der Waals surface area contributed by atoms with Crippen LogP contribution in [0, 0.1) is 4.77 Å². The third-order valence-electron chi connectivity index (χ3n) is 5.28. The van der Waals surface area contributed by atoms with Crippen LogP contribution in [-0.2, 0) is 26.7 Å². The zero-order chi connectivity index (χ0) is 21.1. The highest BCUT2D eigenvalue weighted by Crippen LogP contribution is 2.22. The van der Waals surface area contributed by atoms with Crippen molar-refractivity contribution in [2.75, 3.05) is 14.2 Å². The quantitative estimate of drug-likeness (QED) is 0.404. The van der Waals surface area contributed by atoms with Gasteiger partial charge in [0.25, 0.3) is 0 Å². The summed E-state index contributed by atoms with van der Waals surface area (Å²) in [5, 5.41) is 7.16. The highest BCUT2D eigenvalue weighted by Gasteiger charge is 2.11. The Balaban J connectivity index is 1.47. The van der Waals surface area contributed by atoms with Gasteiger partial charge in [-0.15, -0.1) is 0 Å². The van der Waals surface area contributed by atoms with Gasteiger partial charge in [-0.2, -0.15) is 5.10 Å². The fraction of sp³-hybridized carbons (Fsp3) is 0.250. The standard InChI is InChI=1S/C24H26N4OS/c1-26(16-19-9-10-21-15-22(29-3)12-11-20(21)13-19)17-28-24(30)27(2)23(25-28)14-18-7-5-4-6-8-18/h4-13,15H,14,16-17H2,1-3H3. The summed E-state index contributed by atoms with van der Waals surface area (Å²) < 4.78 is 9.95. The van der Waals surface area contributed by atoms with Gasteiger partial charge < -0.3 is 9.30 Å². The summed E-state index contributed by atoms with van der Waals surface area (Å²) in [5.41, 5.74) is 2.48. The monoisotopic (exact) mass is 418 g/mol. The topological polar surface area (TPSA) is 35.2 Å². The molecule has 0 aliphatic carbocycles.